The zero-order valence-electron chi connectivity index (χ0n) is 6.27. The van der Waals surface area contributed by atoms with Gasteiger partial charge in [-0.25, -0.2) is 0 Å². The van der Waals surface area contributed by atoms with E-state index in [9.17, 15) is 0 Å². The number of aromatic nitrogens is 1. The second-order valence-electron chi connectivity index (χ2n) is 2.31. The van der Waals surface area contributed by atoms with Crippen LogP contribution < -0.4 is 0 Å². The Morgan fingerprint density at radius 1 is 1.73 bits per heavy atom. The van der Waals surface area contributed by atoms with Crippen molar-refractivity contribution in [1.29, 1.82) is 0 Å². The van der Waals surface area contributed by atoms with Gasteiger partial charge in [-0.15, -0.1) is 6.58 Å². The van der Waals surface area contributed by atoms with Gasteiger partial charge in [-0.2, -0.15) is 0 Å². The SMILES string of the molecule is C=C[C@@H](CO)c1cccnc1. The molecular formula is C9H11NO. The van der Waals surface area contributed by atoms with Crippen molar-refractivity contribution in [2.45, 2.75) is 5.92 Å². The van der Waals surface area contributed by atoms with Gasteiger partial charge in [0.2, 0.25) is 0 Å². The smallest absolute Gasteiger partial charge is 0.0534 e. The fourth-order valence-electron chi connectivity index (χ4n) is 0.911. The van der Waals surface area contributed by atoms with Crippen molar-refractivity contribution in [2.24, 2.45) is 0 Å². The molecule has 0 aromatic carbocycles. The normalized spacial score (nSPS) is 12.5. The van der Waals surface area contributed by atoms with E-state index in [0.29, 0.717) is 0 Å². The fourth-order valence-corrected chi connectivity index (χ4v) is 0.911. The molecule has 0 spiro atoms. The summed E-state index contributed by atoms with van der Waals surface area (Å²) in [7, 11) is 0. The third-order valence-electron chi connectivity index (χ3n) is 1.59. The minimum absolute atomic E-state index is 0.0173. The molecule has 58 valence electrons. The van der Waals surface area contributed by atoms with Crippen molar-refractivity contribution in [1.82, 2.24) is 4.98 Å². The fraction of sp³-hybridized carbons (Fsp3) is 0.222. The Labute approximate surface area is 66.2 Å². The van der Waals surface area contributed by atoms with Gasteiger partial charge < -0.3 is 5.11 Å². The van der Waals surface area contributed by atoms with E-state index in [2.05, 4.69) is 11.6 Å². The lowest BCUT2D eigenvalue weighted by molar-refractivity contribution is 0.283. The van der Waals surface area contributed by atoms with Crippen LogP contribution in [-0.2, 0) is 0 Å². The van der Waals surface area contributed by atoms with Gasteiger partial charge >= 0.3 is 0 Å². The van der Waals surface area contributed by atoms with E-state index in [1.54, 1.807) is 18.5 Å². The number of aliphatic hydroxyl groups is 1. The van der Waals surface area contributed by atoms with E-state index in [-0.39, 0.29) is 12.5 Å². The quantitative estimate of drug-likeness (QED) is 0.658. The van der Waals surface area contributed by atoms with E-state index >= 15 is 0 Å². The number of rotatable bonds is 3. The summed E-state index contributed by atoms with van der Waals surface area (Å²) in [5.74, 6) is 0.0173. The first-order valence-electron chi connectivity index (χ1n) is 3.52. The molecule has 11 heavy (non-hydrogen) atoms. The molecule has 0 radical (unpaired) electrons. The number of hydrogen-bond acceptors (Lipinski definition) is 2. The van der Waals surface area contributed by atoms with Crippen LogP contribution in [0.3, 0.4) is 0 Å². The topological polar surface area (TPSA) is 33.1 Å². The van der Waals surface area contributed by atoms with Crippen LogP contribution in [0.5, 0.6) is 0 Å². The van der Waals surface area contributed by atoms with Gasteiger partial charge in [-0.05, 0) is 11.6 Å². The van der Waals surface area contributed by atoms with Crippen LogP contribution in [0.25, 0.3) is 0 Å². The first-order chi connectivity index (χ1) is 5.38. The summed E-state index contributed by atoms with van der Waals surface area (Å²) in [4.78, 5) is 3.94. The second-order valence-corrected chi connectivity index (χ2v) is 2.31. The van der Waals surface area contributed by atoms with Gasteiger partial charge in [0.15, 0.2) is 0 Å². The summed E-state index contributed by atoms with van der Waals surface area (Å²) in [6.07, 6.45) is 5.17. The summed E-state index contributed by atoms with van der Waals surface area (Å²) in [6.45, 7) is 3.71. The van der Waals surface area contributed by atoms with Crippen LogP contribution >= 0.6 is 0 Å². The van der Waals surface area contributed by atoms with Crippen molar-refractivity contribution in [3.8, 4) is 0 Å². The molecule has 0 saturated heterocycles. The highest BCUT2D eigenvalue weighted by Gasteiger charge is 2.03. The highest BCUT2D eigenvalue weighted by molar-refractivity contribution is 5.18. The van der Waals surface area contributed by atoms with Crippen molar-refractivity contribution in [3.05, 3.63) is 42.7 Å². The summed E-state index contributed by atoms with van der Waals surface area (Å²) in [6, 6.07) is 3.77. The van der Waals surface area contributed by atoms with Gasteiger partial charge in [0, 0.05) is 18.3 Å². The second kappa shape index (κ2) is 3.88. The largest absolute Gasteiger partial charge is 0.395 e. The standard InChI is InChI=1S/C9H11NO/c1-2-8(7-11)9-4-3-5-10-6-9/h2-6,8,11H,1,7H2/t8-/m0/s1. The molecule has 0 unspecified atom stereocenters. The van der Waals surface area contributed by atoms with Crippen LogP contribution in [0.15, 0.2) is 37.2 Å². The molecule has 2 heteroatoms. The Bertz CT molecular complexity index is 220. The molecule has 1 heterocycles. The molecule has 0 aliphatic rings. The predicted molar refractivity (Wildman–Crippen MR) is 44.3 cm³/mol. The number of nitrogens with zero attached hydrogens (tertiary/aromatic N) is 1. The Balaban J connectivity index is 2.82. The molecular weight excluding hydrogens is 138 g/mol. The molecule has 0 saturated carbocycles. The monoisotopic (exact) mass is 149 g/mol. The van der Waals surface area contributed by atoms with E-state index in [4.69, 9.17) is 5.11 Å². The van der Waals surface area contributed by atoms with Crippen molar-refractivity contribution < 1.29 is 5.11 Å². The minimum atomic E-state index is 0.0173. The molecule has 1 aromatic rings. The maximum absolute atomic E-state index is 8.88. The third-order valence-corrected chi connectivity index (χ3v) is 1.59. The maximum Gasteiger partial charge on any atom is 0.0534 e. The highest BCUT2D eigenvalue weighted by atomic mass is 16.3. The first-order valence-corrected chi connectivity index (χ1v) is 3.52. The lowest BCUT2D eigenvalue weighted by Crippen LogP contribution is -1.99. The van der Waals surface area contributed by atoms with Crippen molar-refractivity contribution in [3.63, 3.8) is 0 Å². The molecule has 2 nitrogen and oxygen atoms in total. The number of aliphatic hydroxyl groups excluding tert-OH is 1. The molecule has 1 rings (SSSR count). The molecule has 0 aliphatic heterocycles. The van der Waals surface area contributed by atoms with Crippen molar-refractivity contribution >= 4 is 0 Å². The molecule has 1 aromatic heterocycles. The predicted octanol–water partition coefficient (Wildman–Crippen LogP) is 1.34. The van der Waals surface area contributed by atoms with Crippen LogP contribution in [0.4, 0.5) is 0 Å². The first kappa shape index (κ1) is 7.95. The highest BCUT2D eigenvalue weighted by Crippen LogP contribution is 2.13. The van der Waals surface area contributed by atoms with Gasteiger partial charge in [0.05, 0.1) is 6.61 Å². The van der Waals surface area contributed by atoms with Crippen LogP contribution in [-0.4, -0.2) is 16.7 Å². The maximum atomic E-state index is 8.88. The van der Waals surface area contributed by atoms with E-state index in [1.807, 2.05) is 12.1 Å². The summed E-state index contributed by atoms with van der Waals surface area (Å²) < 4.78 is 0. The average Bonchev–Trinajstić information content (AvgIpc) is 2.09. The van der Waals surface area contributed by atoms with Gasteiger partial charge in [-0.1, -0.05) is 12.1 Å². The average molecular weight is 149 g/mol. The Morgan fingerprint density at radius 3 is 3.00 bits per heavy atom. The van der Waals surface area contributed by atoms with E-state index < -0.39 is 0 Å². The summed E-state index contributed by atoms with van der Waals surface area (Å²) >= 11 is 0. The summed E-state index contributed by atoms with van der Waals surface area (Å²) in [5, 5.41) is 8.88. The van der Waals surface area contributed by atoms with Gasteiger partial charge in [0.25, 0.3) is 0 Å². The van der Waals surface area contributed by atoms with Crippen LogP contribution in [0.2, 0.25) is 0 Å². The Hall–Kier alpha value is -1.15. The summed E-state index contributed by atoms with van der Waals surface area (Å²) in [5.41, 5.74) is 1.00. The third kappa shape index (κ3) is 1.88. The van der Waals surface area contributed by atoms with Crippen molar-refractivity contribution in [2.75, 3.05) is 6.61 Å². The molecule has 1 atom stereocenters. The molecule has 0 bridgehead atoms. The van der Waals surface area contributed by atoms with Gasteiger partial charge in [0.1, 0.15) is 0 Å². The lowest BCUT2D eigenvalue weighted by atomic mass is 10.0. The molecule has 1 N–H and O–H groups in total. The Kier molecular flexibility index (Phi) is 2.81. The van der Waals surface area contributed by atoms with Crippen LogP contribution in [0.1, 0.15) is 11.5 Å². The van der Waals surface area contributed by atoms with E-state index in [1.165, 1.54) is 0 Å². The minimum Gasteiger partial charge on any atom is -0.395 e. The number of pyridine rings is 1. The lowest BCUT2D eigenvalue weighted by Gasteiger charge is -2.06. The zero-order valence-corrected chi connectivity index (χ0v) is 6.27. The molecule has 0 aliphatic carbocycles. The molecule has 0 amide bonds. The number of hydrogen-bond donors (Lipinski definition) is 1. The molecule has 0 fully saturated rings. The van der Waals surface area contributed by atoms with E-state index in [0.717, 1.165) is 5.56 Å². The zero-order chi connectivity index (χ0) is 8.10. The van der Waals surface area contributed by atoms with Gasteiger partial charge in [-0.3, -0.25) is 4.98 Å². The van der Waals surface area contributed by atoms with Crippen LogP contribution in [0, 0.1) is 0 Å². The Morgan fingerprint density at radius 2 is 2.55 bits per heavy atom.